The molecule has 0 aliphatic carbocycles. The molecule has 3 rings (SSSR count). The number of H-pyrrole nitrogens is 1. The summed E-state index contributed by atoms with van der Waals surface area (Å²) in [6.45, 7) is 2.76. The first-order valence-electron chi connectivity index (χ1n) is 7.41. The minimum Gasteiger partial charge on any atom is -0.477 e. The fourth-order valence-corrected chi connectivity index (χ4v) is 3.12. The number of aromatic nitrogens is 1. The molecule has 1 fully saturated rings. The standard InChI is InChI=1S/C16H17FN2O4/c1-8-13-10(15(21)11(7-18-13)16(22)23)6-12(17)14(8)19-4-2-9(20)3-5-19/h6-7,9,20H,2-5H2,1H3,(H,18,21)(H,22,23). The SMILES string of the molecule is Cc1c(N2CCC(O)CC2)c(F)cc2c(=O)c(C(=O)O)c[nH]c12. The van der Waals surface area contributed by atoms with Gasteiger partial charge >= 0.3 is 5.97 Å². The first kappa shape index (κ1) is 15.5. The molecule has 0 saturated carbocycles. The van der Waals surface area contributed by atoms with Gasteiger partial charge in [0.05, 0.1) is 17.3 Å². The maximum absolute atomic E-state index is 14.6. The molecule has 0 radical (unpaired) electrons. The number of nitrogens with zero attached hydrogens (tertiary/aromatic N) is 1. The molecule has 122 valence electrons. The van der Waals surface area contributed by atoms with Crippen molar-refractivity contribution in [3.8, 4) is 0 Å². The zero-order valence-corrected chi connectivity index (χ0v) is 12.6. The Labute approximate surface area is 131 Å². The molecule has 6 nitrogen and oxygen atoms in total. The van der Waals surface area contributed by atoms with Crippen LogP contribution < -0.4 is 10.3 Å². The number of halogens is 1. The maximum atomic E-state index is 14.6. The second-order valence-electron chi connectivity index (χ2n) is 5.81. The summed E-state index contributed by atoms with van der Waals surface area (Å²) in [7, 11) is 0. The largest absolute Gasteiger partial charge is 0.477 e. The van der Waals surface area contributed by atoms with Crippen molar-refractivity contribution in [1.29, 1.82) is 0 Å². The third-order valence-corrected chi connectivity index (χ3v) is 4.36. The molecule has 1 saturated heterocycles. The van der Waals surface area contributed by atoms with Crippen molar-refractivity contribution < 1.29 is 19.4 Å². The molecule has 23 heavy (non-hydrogen) atoms. The van der Waals surface area contributed by atoms with Crippen LogP contribution in [0.15, 0.2) is 17.1 Å². The minimum absolute atomic E-state index is 0.0284. The van der Waals surface area contributed by atoms with Gasteiger partial charge < -0.3 is 20.1 Å². The number of fused-ring (bicyclic) bond motifs is 1. The Morgan fingerprint density at radius 1 is 1.39 bits per heavy atom. The highest BCUT2D eigenvalue weighted by molar-refractivity contribution is 5.94. The number of aryl methyl sites for hydroxylation is 1. The van der Waals surface area contributed by atoms with Gasteiger partial charge in [-0.15, -0.1) is 0 Å². The zero-order valence-electron chi connectivity index (χ0n) is 12.6. The number of aliphatic hydroxyl groups excluding tert-OH is 1. The fraction of sp³-hybridized carbons (Fsp3) is 0.375. The molecule has 2 aromatic rings. The van der Waals surface area contributed by atoms with Gasteiger partial charge in [-0.1, -0.05) is 0 Å². The summed E-state index contributed by atoms with van der Waals surface area (Å²) in [5.41, 5.74) is 0.273. The topological polar surface area (TPSA) is 93.6 Å². The lowest BCUT2D eigenvalue weighted by atomic mass is 10.0. The van der Waals surface area contributed by atoms with Gasteiger partial charge in [0.15, 0.2) is 0 Å². The van der Waals surface area contributed by atoms with Crippen LogP contribution in [0.25, 0.3) is 10.9 Å². The average molecular weight is 320 g/mol. The monoisotopic (exact) mass is 320 g/mol. The number of pyridine rings is 1. The molecule has 0 unspecified atom stereocenters. The van der Waals surface area contributed by atoms with E-state index in [4.69, 9.17) is 5.11 Å². The van der Waals surface area contributed by atoms with Crippen LogP contribution in [-0.4, -0.2) is 40.4 Å². The van der Waals surface area contributed by atoms with Crippen molar-refractivity contribution in [3.05, 3.63) is 39.4 Å². The third-order valence-electron chi connectivity index (χ3n) is 4.36. The van der Waals surface area contributed by atoms with Gasteiger partial charge in [0.2, 0.25) is 5.43 Å². The molecule has 1 aromatic carbocycles. The molecule has 0 amide bonds. The number of hydrogen-bond donors (Lipinski definition) is 3. The van der Waals surface area contributed by atoms with Gasteiger partial charge in [-0.05, 0) is 31.4 Å². The molecular weight excluding hydrogens is 303 g/mol. The number of aromatic amines is 1. The lowest BCUT2D eigenvalue weighted by Crippen LogP contribution is -2.36. The summed E-state index contributed by atoms with van der Waals surface area (Å²) in [4.78, 5) is 27.9. The number of nitrogens with one attached hydrogen (secondary N) is 1. The minimum atomic E-state index is -1.35. The van der Waals surface area contributed by atoms with E-state index in [9.17, 15) is 19.1 Å². The van der Waals surface area contributed by atoms with Crippen LogP contribution in [-0.2, 0) is 0 Å². The Kier molecular flexibility index (Phi) is 3.81. The molecule has 0 spiro atoms. The van der Waals surface area contributed by atoms with Crippen molar-refractivity contribution >= 4 is 22.6 Å². The Bertz CT molecular complexity index is 838. The Hall–Kier alpha value is -2.41. The Morgan fingerprint density at radius 2 is 2.04 bits per heavy atom. The molecule has 7 heteroatoms. The van der Waals surface area contributed by atoms with Crippen LogP contribution in [0.3, 0.4) is 0 Å². The number of carboxylic acids is 1. The van der Waals surface area contributed by atoms with E-state index in [0.717, 1.165) is 12.3 Å². The molecule has 0 atom stereocenters. The number of hydrogen-bond acceptors (Lipinski definition) is 4. The van der Waals surface area contributed by atoms with E-state index >= 15 is 0 Å². The summed E-state index contributed by atoms with van der Waals surface area (Å²) in [5.74, 6) is -1.90. The van der Waals surface area contributed by atoms with Gasteiger partial charge in [0, 0.05) is 24.7 Å². The second-order valence-corrected chi connectivity index (χ2v) is 5.81. The lowest BCUT2D eigenvalue weighted by Gasteiger charge is -2.33. The number of carbonyl (C=O) groups is 1. The third kappa shape index (κ3) is 2.57. The number of carboxylic acid groups (broad SMARTS) is 1. The smallest absolute Gasteiger partial charge is 0.341 e. The quantitative estimate of drug-likeness (QED) is 0.782. The number of piperidine rings is 1. The highest BCUT2D eigenvalue weighted by Crippen LogP contribution is 2.31. The summed E-state index contributed by atoms with van der Waals surface area (Å²) >= 11 is 0. The van der Waals surface area contributed by atoms with Gasteiger partial charge in [0.1, 0.15) is 11.4 Å². The number of aliphatic hydroxyl groups is 1. The Balaban J connectivity index is 2.17. The van der Waals surface area contributed by atoms with Crippen LogP contribution in [0.2, 0.25) is 0 Å². The second kappa shape index (κ2) is 5.66. The van der Waals surface area contributed by atoms with E-state index in [2.05, 4.69) is 4.98 Å². The summed E-state index contributed by atoms with van der Waals surface area (Å²) < 4.78 is 14.6. The Morgan fingerprint density at radius 3 is 2.65 bits per heavy atom. The van der Waals surface area contributed by atoms with Crippen molar-refractivity contribution in [3.63, 3.8) is 0 Å². The van der Waals surface area contributed by atoms with E-state index in [-0.39, 0.29) is 11.5 Å². The molecule has 1 aliphatic rings. The van der Waals surface area contributed by atoms with Gasteiger partial charge in [-0.2, -0.15) is 0 Å². The average Bonchev–Trinajstić information content (AvgIpc) is 2.50. The van der Waals surface area contributed by atoms with Crippen LogP contribution >= 0.6 is 0 Å². The summed E-state index contributed by atoms with van der Waals surface area (Å²) in [6, 6.07) is 1.09. The van der Waals surface area contributed by atoms with Crippen molar-refractivity contribution in [2.75, 3.05) is 18.0 Å². The van der Waals surface area contributed by atoms with Crippen LogP contribution in [0.5, 0.6) is 0 Å². The van der Waals surface area contributed by atoms with Crippen molar-refractivity contribution in [1.82, 2.24) is 4.98 Å². The number of rotatable bonds is 2. The summed E-state index contributed by atoms with van der Waals surface area (Å²) in [6.07, 6.45) is 1.89. The molecule has 1 aliphatic heterocycles. The predicted molar refractivity (Wildman–Crippen MR) is 83.7 cm³/mol. The summed E-state index contributed by atoms with van der Waals surface area (Å²) in [5, 5.41) is 18.6. The first-order chi connectivity index (χ1) is 10.9. The predicted octanol–water partition coefficient (Wildman–Crippen LogP) is 1.63. The molecular formula is C16H17FN2O4. The lowest BCUT2D eigenvalue weighted by molar-refractivity contribution is 0.0695. The molecule has 1 aromatic heterocycles. The normalized spacial score (nSPS) is 16.0. The zero-order chi connectivity index (χ0) is 16.7. The highest BCUT2D eigenvalue weighted by Gasteiger charge is 2.24. The number of aromatic carboxylic acids is 1. The maximum Gasteiger partial charge on any atom is 0.341 e. The first-order valence-corrected chi connectivity index (χ1v) is 7.41. The van der Waals surface area contributed by atoms with Gasteiger partial charge in [-0.25, -0.2) is 9.18 Å². The fourth-order valence-electron chi connectivity index (χ4n) is 3.12. The number of anilines is 1. The van der Waals surface area contributed by atoms with E-state index in [1.807, 2.05) is 4.90 Å². The van der Waals surface area contributed by atoms with Crippen LogP contribution in [0, 0.1) is 12.7 Å². The van der Waals surface area contributed by atoms with E-state index in [1.165, 1.54) is 0 Å². The number of benzene rings is 1. The van der Waals surface area contributed by atoms with Crippen LogP contribution in [0.4, 0.5) is 10.1 Å². The molecule has 3 N–H and O–H groups in total. The molecule has 2 heterocycles. The highest BCUT2D eigenvalue weighted by atomic mass is 19.1. The van der Waals surface area contributed by atoms with Gasteiger partial charge in [0.25, 0.3) is 0 Å². The molecule has 0 bridgehead atoms. The van der Waals surface area contributed by atoms with Crippen molar-refractivity contribution in [2.24, 2.45) is 0 Å². The van der Waals surface area contributed by atoms with Gasteiger partial charge in [-0.3, -0.25) is 4.79 Å². The van der Waals surface area contributed by atoms with E-state index in [0.29, 0.717) is 42.7 Å². The van der Waals surface area contributed by atoms with E-state index < -0.39 is 22.8 Å². The van der Waals surface area contributed by atoms with Crippen molar-refractivity contribution in [2.45, 2.75) is 25.9 Å². The van der Waals surface area contributed by atoms with E-state index in [1.54, 1.807) is 6.92 Å². The van der Waals surface area contributed by atoms with Crippen LogP contribution in [0.1, 0.15) is 28.8 Å².